The molecule has 0 radical (unpaired) electrons. The molecule has 2 aliphatic carbocycles. The van der Waals surface area contributed by atoms with E-state index in [2.05, 4.69) is 69.8 Å². The van der Waals surface area contributed by atoms with Gasteiger partial charge in [0.2, 0.25) is 0 Å². The van der Waals surface area contributed by atoms with Gasteiger partial charge < -0.3 is 9.80 Å². The van der Waals surface area contributed by atoms with Gasteiger partial charge in [0.15, 0.2) is 0 Å². The number of hydrogen-bond acceptors (Lipinski definition) is 5. The third-order valence-corrected chi connectivity index (χ3v) is 12.2. The van der Waals surface area contributed by atoms with Crippen molar-refractivity contribution in [2.75, 3.05) is 33.2 Å². The lowest BCUT2D eigenvalue weighted by Gasteiger charge is -2.46. The van der Waals surface area contributed by atoms with Crippen LogP contribution in [0.1, 0.15) is 91.5 Å². The molecule has 1 aliphatic heterocycles. The SMILES string of the molecule is CCn1nc(CC2=CC=CCC2)cc1C1CCN(CC2(c3ccccc3)CCC(N(C)C(=O)c3cc(SNCC(F)(F)F)c(F)cc3Cl)CC2)CC1. The summed E-state index contributed by atoms with van der Waals surface area (Å²) >= 11 is 6.81. The monoisotopic (exact) mass is 757 g/mol. The number of benzene rings is 2. The van der Waals surface area contributed by atoms with E-state index in [4.69, 9.17) is 16.7 Å². The van der Waals surface area contributed by atoms with Crippen molar-refractivity contribution in [3.8, 4) is 0 Å². The van der Waals surface area contributed by atoms with Crippen LogP contribution in [0.4, 0.5) is 17.6 Å². The average molecular weight is 758 g/mol. The summed E-state index contributed by atoms with van der Waals surface area (Å²) in [6.45, 7) is 4.73. The summed E-state index contributed by atoms with van der Waals surface area (Å²) in [7, 11) is 1.73. The maximum Gasteiger partial charge on any atom is 0.402 e. The predicted octanol–water partition coefficient (Wildman–Crippen LogP) is 9.51. The average Bonchev–Trinajstić information content (AvgIpc) is 3.55. The number of halogens is 5. The van der Waals surface area contributed by atoms with Gasteiger partial charge in [0.05, 0.1) is 21.2 Å². The number of alkyl halides is 3. The molecule has 6 nitrogen and oxygen atoms in total. The summed E-state index contributed by atoms with van der Waals surface area (Å²) in [5.41, 5.74) is 5.31. The summed E-state index contributed by atoms with van der Waals surface area (Å²) in [6, 6.07) is 15.2. The van der Waals surface area contributed by atoms with E-state index < -0.39 is 18.5 Å². The summed E-state index contributed by atoms with van der Waals surface area (Å²) in [5, 5.41) is 4.93. The highest BCUT2D eigenvalue weighted by Gasteiger charge is 2.41. The topological polar surface area (TPSA) is 53.4 Å². The second-order valence-corrected chi connectivity index (χ2v) is 15.8. The van der Waals surface area contributed by atoms with E-state index >= 15 is 0 Å². The van der Waals surface area contributed by atoms with Crippen molar-refractivity contribution >= 4 is 29.5 Å². The normalized spacial score (nSPS) is 21.7. The first-order valence-electron chi connectivity index (χ1n) is 18.4. The Balaban J connectivity index is 1.09. The Labute approximate surface area is 313 Å². The van der Waals surface area contributed by atoms with Crippen LogP contribution in [-0.2, 0) is 18.4 Å². The number of piperidine rings is 1. The summed E-state index contributed by atoms with van der Waals surface area (Å²) in [4.78, 5) is 17.9. The highest BCUT2D eigenvalue weighted by atomic mass is 35.5. The van der Waals surface area contributed by atoms with Gasteiger partial charge in [-0.2, -0.15) is 18.3 Å². The second kappa shape index (κ2) is 16.9. The van der Waals surface area contributed by atoms with Crippen LogP contribution in [0.3, 0.4) is 0 Å². The minimum absolute atomic E-state index is 0.0560. The summed E-state index contributed by atoms with van der Waals surface area (Å²) in [6.07, 6.45) is 10.8. The molecule has 1 aromatic heterocycles. The summed E-state index contributed by atoms with van der Waals surface area (Å²) in [5.74, 6) is -0.675. The standard InChI is InChI=1S/C40H48ClF4N5OS/c1-3-50-36(23-31(47-50)22-28-10-6-4-7-11-28)29-16-20-49(21-17-29)27-39(30-12-8-5-9-13-30)18-14-32(15-19-39)48(2)38(51)33-24-37(35(42)25-34(33)41)52-46-26-40(43,44)45/h4-6,8-10,12-13,23-25,29,32,46H,3,7,11,14-22,26-27H2,1-2H3. The molecule has 2 aromatic carbocycles. The van der Waals surface area contributed by atoms with Crippen LogP contribution < -0.4 is 4.72 Å². The van der Waals surface area contributed by atoms with Gasteiger partial charge in [-0.1, -0.05) is 65.7 Å². The fraction of sp³-hybridized carbons (Fsp3) is 0.500. The van der Waals surface area contributed by atoms with Gasteiger partial charge in [-0.05, 0) is 107 Å². The molecule has 280 valence electrons. The lowest BCUT2D eigenvalue weighted by Crippen LogP contribution is -2.49. The number of hydrogen-bond donors (Lipinski definition) is 1. The predicted molar refractivity (Wildman–Crippen MR) is 200 cm³/mol. The molecule has 0 spiro atoms. The molecule has 2 fully saturated rings. The molecular weight excluding hydrogens is 710 g/mol. The van der Waals surface area contributed by atoms with Crippen LogP contribution in [-0.4, -0.2) is 70.9 Å². The molecule has 1 saturated heterocycles. The minimum Gasteiger partial charge on any atom is -0.339 e. The lowest BCUT2D eigenvalue weighted by atomic mass is 9.67. The van der Waals surface area contributed by atoms with Crippen LogP contribution in [0.2, 0.25) is 5.02 Å². The van der Waals surface area contributed by atoms with Crippen LogP contribution >= 0.6 is 23.5 Å². The number of likely N-dealkylation sites (tertiary alicyclic amines) is 1. The van der Waals surface area contributed by atoms with Crippen LogP contribution in [0.25, 0.3) is 0 Å². The van der Waals surface area contributed by atoms with Gasteiger partial charge in [-0.15, -0.1) is 0 Å². The number of carbonyl (C=O) groups is 1. The third-order valence-electron chi connectivity index (χ3n) is 11.1. The number of allylic oxidation sites excluding steroid dienone is 4. The molecule has 1 amide bonds. The Hall–Kier alpha value is -3.12. The van der Waals surface area contributed by atoms with Crippen LogP contribution in [0.15, 0.2) is 77.2 Å². The van der Waals surface area contributed by atoms with Gasteiger partial charge in [0, 0.05) is 49.6 Å². The summed E-state index contributed by atoms with van der Waals surface area (Å²) < 4.78 is 56.8. The molecule has 6 rings (SSSR count). The number of nitrogens with one attached hydrogen (secondary N) is 1. The maximum atomic E-state index is 14.6. The van der Waals surface area contributed by atoms with Gasteiger partial charge in [-0.3, -0.25) is 14.2 Å². The Bertz CT molecular complexity index is 1740. The van der Waals surface area contributed by atoms with Crippen molar-refractivity contribution in [2.24, 2.45) is 0 Å². The van der Waals surface area contributed by atoms with Crippen LogP contribution in [0.5, 0.6) is 0 Å². The zero-order valence-corrected chi connectivity index (χ0v) is 31.5. The van der Waals surface area contributed by atoms with E-state index in [1.54, 1.807) is 11.9 Å². The number of amides is 1. The molecule has 12 heteroatoms. The molecule has 0 atom stereocenters. The Morgan fingerprint density at radius 1 is 1.10 bits per heavy atom. The highest BCUT2D eigenvalue weighted by molar-refractivity contribution is 7.97. The Kier molecular flexibility index (Phi) is 12.6. The number of carbonyl (C=O) groups excluding carboxylic acids is 1. The first kappa shape index (κ1) is 38.6. The molecule has 1 saturated carbocycles. The number of rotatable bonds is 12. The molecular formula is C40H48ClF4N5OS. The van der Waals surface area contributed by atoms with Crippen molar-refractivity contribution in [2.45, 2.75) is 99.7 Å². The lowest BCUT2D eigenvalue weighted by molar-refractivity contribution is -0.121. The molecule has 1 N–H and O–H groups in total. The zero-order chi connectivity index (χ0) is 36.9. The van der Waals surface area contributed by atoms with E-state index in [0.717, 1.165) is 90.0 Å². The van der Waals surface area contributed by atoms with Crippen LogP contribution in [0, 0.1) is 5.82 Å². The zero-order valence-electron chi connectivity index (χ0n) is 29.9. The smallest absolute Gasteiger partial charge is 0.339 e. The number of nitrogens with zero attached hydrogens (tertiary/aromatic N) is 4. The van der Waals surface area contributed by atoms with Gasteiger partial charge in [-0.25, -0.2) is 4.39 Å². The van der Waals surface area contributed by atoms with E-state index in [1.807, 2.05) is 6.07 Å². The third kappa shape index (κ3) is 9.32. The van der Waals surface area contributed by atoms with Gasteiger partial charge >= 0.3 is 6.18 Å². The fourth-order valence-corrected chi connectivity index (χ4v) is 9.15. The van der Waals surface area contributed by atoms with Crippen molar-refractivity contribution in [1.29, 1.82) is 0 Å². The number of aryl methyl sites for hydroxylation is 1. The van der Waals surface area contributed by atoms with Gasteiger partial charge in [0.25, 0.3) is 5.91 Å². The van der Waals surface area contributed by atoms with Crippen molar-refractivity contribution < 1.29 is 22.4 Å². The highest BCUT2D eigenvalue weighted by Crippen LogP contribution is 2.43. The van der Waals surface area contributed by atoms with E-state index in [1.165, 1.54) is 28.6 Å². The second-order valence-electron chi connectivity index (χ2n) is 14.5. The van der Waals surface area contributed by atoms with Crippen molar-refractivity contribution in [3.05, 3.63) is 106 Å². The largest absolute Gasteiger partial charge is 0.402 e. The molecule has 2 heterocycles. The Morgan fingerprint density at radius 2 is 1.83 bits per heavy atom. The van der Waals surface area contributed by atoms with E-state index in [-0.39, 0.29) is 32.8 Å². The Morgan fingerprint density at radius 3 is 2.48 bits per heavy atom. The molecule has 52 heavy (non-hydrogen) atoms. The fourth-order valence-electron chi connectivity index (χ4n) is 8.20. The van der Waals surface area contributed by atoms with Gasteiger partial charge in [0.1, 0.15) is 12.4 Å². The van der Waals surface area contributed by atoms with E-state index in [0.29, 0.717) is 17.9 Å². The molecule has 3 aliphatic rings. The molecule has 0 bridgehead atoms. The number of aromatic nitrogens is 2. The first-order valence-corrected chi connectivity index (χ1v) is 19.6. The van der Waals surface area contributed by atoms with Crippen molar-refractivity contribution in [1.82, 2.24) is 24.3 Å². The molecule has 3 aromatic rings. The molecule has 0 unspecified atom stereocenters. The maximum absolute atomic E-state index is 14.6. The van der Waals surface area contributed by atoms with Crippen molar-refractivity contribution in [3.63, 3.8) is 0 Å². The first-order chi connectivity index (χ1) is 24.9. The minimum atomic E-state index is -4.45. The van der Waals surface area contributed by atoms with E-state index in [9.17, 15) is 22.4 Å². The quantitative estimate of drug-likeness (QED) is 0.147.